The van der Waals surface area contributed by atoms with E-state index in [1.165, 1.54) is 48.3 Å². The third kappa shape index (κ3) is 5.77. The molecule has 1 fully saturated rings. The number of likely N-dealkylation sites (tertiary alicyclic amines) is 1. The van der Waals surface area contributed by atoms with Gasteiger partial charge in [0.05, 0.1) is 7.11 Å². The second-order valence-electron chi connectivity index (χ2n) is 9.22. The van der Waals surface area contributed by atoms with Crippen molar-refractivity contribution in [1.82, 2.24) is 9.47 Å². The number of methoxy groups -OCH3 is 1. The second kappa shape index (κ2) is 11.3. The van der Waals surface area contributed by atoms with Gasteiger partial charge in [-0.25, -0.2) is 0 Å². The minimum atomic E-state index is 0.110. The fourth-order valence-corrected chi connectivity index (χ4v) is 5.00. The number of benzene rings is 3. The lowest BCUT2D eigenvalue weighted by Gasteiger charge is -2.22. The van der Waals surface area contributed by atoms with Crippen LogP contribution >= 0.6 is 0 Å². The second-order valence-corrected chi connectivity index (χ2v) is 9.22. The largest absolute Gasteiger partial charge is 0.497 e. The Hall–Kier alpha value is -3.50. The zero-order valence-corrected chi connectivity index (χ0v) is 20.5. The molecule has 0 saturated carbocycles. The summed E-state index contributed by atoms with van der Waals surface area (Å²) in [5, 5.41) is 0. The molecule has 4 aromatic rings. The molecule has 0 spiro atoms. The molecule has 0 amide bonds. The van der Waals surface area contributed by atoms with Crippen molar-refractivity contribution in [2.45, 2.75) is 25.3 Å². The SMILES string of the molecule is COc1ccc(C(c2ccc(OCCN3CCCC3)cc2)c2cccn2Cc2ccccc2)cc1. The van der Waals surface area contributed by atoms with Gasteiger partial charge in [-0.1, -0.05) is 54.6 Å². The van der Waals surface area contributed by atoms with Gasteiger partial charge in [0, 0.05) is 30.9 Å². The first-order valence-corrected chi connectivity index (χ1v) is 12.6. The molecule has 1 atom stereocenters. The first-order chi connectivity index (χ1) is 17.3. The Bertz CT molecular complexity index is 1180. The zero-order valence-electron chi connectivity index (χ0n) is 20.5. The van der Waals surface area contributed by atoms with E-state index in [9.17, 15) is 0 Å². The Kier molecular flexibility index (Phi) is 7.50. The Balaban J connectivity index is 1.39. The number of rotatable bonds is 10. The lowest BCUT2D eigenvalue weighted by atomic mass is 9.88. The molecule has 1 saturated heterocycles. The summed E-state index contributed by atoms with van der Waals surface area (Å²) in [5.41, 5.74) is 5.04. The van der Waals surface area contributed by atoms with E-state index < -0.39 is 0 Å². The van der Waals surface area contributed by atoms with Gasteiger partial charge < -0.3 is 14.0 Å². The molecule has 1 aliphatic rings. The summed E-state index contributed by atoms with van der Waals surface area (Å²) in [4.78, 5) is 2.48. The summed E-state index contributed by atoms with van der Waals surface area (Å²) < 4.78 is 13.8. The van der Waals surface area contributed by atoms with Crippen molar-refractivity contribution in [1.29, 1.82) is 0 Å². The zero-order chi connectivity index (χ0) is 23.9. The van der Waals surface area contributed by atoms with Gasteiger partial charge in [0.25, 0.3) is 0 Å². The number of hydrogen-bond acceptors (Lipinski definition) is 3. The number of nitrogens with zero attached hydrogens (tertiary/aromatic N) is 2. The average Bonchev–Trinajstić information content (AvgIpc) is 3.59. The van der Waals surface area contributed by atoms with E-state index in [0.29, 0.717) is 0 Å². The molecule has 1 aromatic heterocycles. The quantitative estimate of drug-likeness (QED) is 0.278. The average molecular weight is 467 g/mol. The summed E-state index contributed by atoms with van der Waals surface area (Å²) in [6.07, 6.45) is 4.80. The lowest BCUT2D eigenvalue weighted by molar-refractivity contribution is 0.238. The van der Waals surface area contributed by atoms with Gasteiger partial charge in [-0.05, 0) is 79.0 Å². The molecule has 1 aliphatic heterocycles. The van der Waals surface area contributed by atoms with Crippen LogP contribution in [0.2, 0.25) is 0 Å². The summed E-state index contributed by atoms with van der Waals surface area (Å²) in [7, 11) is 1.71. The van der Waals surface area contributed by atoms with Crippen molar-refractivity contribution < 1.29 is 9.47 Å². The summed E-state index contributed by atoms with van der Waals surface area (Å²) in [6, 6.07) is 32.1. The van der Waals surface area contributed by atoms with Gasteiger partial charge >= 0.3 is 0 Å². The Morgan fingerprint density at radius 1 is 0.743 bits per heavy atom. The molecule has 5 rings (SSSR count). The molecule has 0 bridgehead atoms. The fraction of sp³-hybridized carbons (Fsp3) is 0.290. The van der Waals surface area contributed by atoms with Crippen LogP contribution in [0.15, 0.2) is 97.2 Å². The van der Waals surface area contributed by atoms with Crippen LogP contribution in [0.3, 0.4) is 0 Å². The number of ether oxygens (including phenoxy) is 2. The minimum Gasteiger partial charge on any atom is -0.497 e. The van der Waals surface area contributed by atoms with Crippen LogP contribution in [0, 0.1) is 0 Å². The van der Waals surface area contributed by atoms with E-state index >= 15 is 0 Å². The molecule has 0 radical (unpaired) electrons. The molecule has 2 heterocycles. The molecule has 3 aromatic carbocycles. The standard InChI is InChI=1S/C31H34N2O2/c1-34-28-15-11-26(12-16-28)31(30-10-7-21-33(30)24-25-8-3-2-4-9-25)27-13-17-29(18-14-27)35-23-22-32-19-5-6-20-32/h2-4,7-18,21,31H,5-6,19-20,22-24H2,1H3. The molecule has 35 heavy (non-hydrogen) atoms. The van der Waals surface area contributed by atoms with Crippen molar-refractivity contribution in [2.75, 3.05) is 33.4 Å². The van der Waals surface area contributed by atoms with Crippen molar-refractivity contribution in [2.24, 2.45) is 0 Å². The first-order valence-electron chi connectivity index (χ1n) is 12.6. The number of hydrogen-bond donors (Lipinski definition) is 0. The predicted octanol–water partition coefficient (Wildman–Crippen LogP) is 6.20. The Morgan fingerprint density at radius 3 is 2.06 bits per heavy atom. The summed E-state index contributed by atoms with van der Waals surface area (Å²) in [5.74, 6) is 1.91. The molecule has 0 N–H and O–H groups in total. The number of aromatic nitrogens is 1. The van der Waals surface area contributed by atoms with E-state index in [-0.39, 0.29) is 5.92 Å². The fourth-order valence-electron chi connectivity index (χ4n) is 5.00. The molecular formula is C31H34N2O2. The van der Waals surface area contributed by atoms with E-state index in [4.69, 9.17) is 9.47 Å². The first kappa shape index (κ1) is 23.3. The normalized spacial score (nSPS) is 14.7. The van der Waals surface area contributed by atoms with Crippen LogP contribution in [-0.2, 0) is 6.54 Å². The van der Waals surface area contributed by atoms with Gasteiger partial charge in [0.1, 0.15) is 18.1 Å². The highest BCUT2D eigenvalue weighted by molar-refractivity contribution is 5.44. The maximum Gasteiger partial charge on any atom is 0.119 e. The third-order valence-corrected chi connectivity index (χ3v) is 6.89. The highest BCUT2D eigenvalue weighted by Crippen LogP contribution is 2.34. The van der Waals surface area contributed by atoms with Gasteiger partial charge in [0.15, 0.2) is 0 Å². The molecular weight excluding hydrogens is 432 g/mol. The Labute approximate surface area is 208 Å². The maximum absolute atomic E-state index is 6.07. The molecule has 1 unspecified atom stereocenters. The topological polar surface area (TPSA) is 26.6 Å². The van der Waals surface area contributed by atoms with E-state index in [0.717, 1.165) is 31.2 Å². The van der Waals surface area contributed by atoms with Crippen LogP contribution in [0.1, 0.15) is 41.1 Å². The van der Waals surface area contributed by atoms with E-state index in [1.807, 2.05) is 12.1 Å². The molecule has 180 valence electrons. The minimum absolute atomic E-state index is 0.110. The summed E-state index contributed by atoms with van der Waals surface area (Å²) >= 11 is 0. The highest BCUT2D eigenvalue weighted by Gasteiger charge is 2.20. The van der Waals surface area contributed by atoms with Crippen molar-refractivity contribution >= 4 is 0 Å². The van der Waals surface area contributed by atoms with Crippen LogP contribution in [0.4, 0.5) is 0 Å². The van der Waals surface area contributed by atoms with Crippen LogP contribution in [-0.4, -0.2) is 42.8 Å². The Morgan fingerprint density at radius 2 is 1.40 bits per heavy atom. The van der Waals surface area contributed by atoms with Crippen LogP contribution in [0.25, 0.3) is 0 Å². The van der Waals surface area contributed by atoms with Crippen molar-refractivity contribution in [3.63, 3.8) is 0 Å². The van der Waals surface area contributed by atoms with Crippen LogP contribution < -0.4 is 9.47 Å². The van der Waals surface area contributed by atoms with Gasteiger partial charge in [0.2, 0.25) is 0 Å². The molecule has 4 nitrogen and oxygen atoms in total. The van der Waals surface area contributed by atoms with E-state index in [2.05, 4.69) is 94.5 Å². The van der Waals surface area contributed by atoms with Gasteiger partial charge in [-0.2, -0.15) is 0 Å². The lowest BCUT2D eigenvalue weighted by Crippen LogP contribution is -2.25. The molecule has 4 heteroatoms. The van der Waals surface area contributed by atoms with Crippen molar-refractivity contribution in [3.05, 3.63) is 120 Å². The van der Waals surface area contributed by atoms with E-state index in [1.54, 1.807) is 7.11 Å². The van der Waals surface area contributed by atoms with Gasteiger partial charge in [-0.3, -0.25) is 4.90 Å². The monoisotopic (exact) mass is 466 g/mol. The van der Waals surface area contributed by atoms with Crippen molar-refractivity contribution in [3.8, 4) is 11.5 Å². The highest BCUT2D eigenvalue weighted by atomic mass is 16.5. The smallest absolute Gasteiger partial charge is 0.119 e. The van der Waals surface area contributed by atoms with Gasteiger partial charge in [-0.15, -0.1) is 0 Å². The maximum atomic E-state index is 6.07. The predicted molar refractivity (Wildman–Crippen MR) is 142 cm³/mol. The third-order valence-electron chi connectivity index (χ3n) is 6.89. The molecule has 0 aliphatic carbocycles. The van der Waals surface area contributed by atoms with Crippen LogP contribution in [0.5, 0.6) is 11.5 Å². The summed E-state index contributed by atoms with van der Waals surface area (Å²) in [6.45, 7) is 4.99.